The zero-order valence-electron chi connectivity index (χ0n) is 17.2. The highest BCUT2D eigenvalue weighted by atomic mass is 16.5. The van der Waals surface area contributed by atoms with Crippen LogP contribution in [0.25, 0.3) is 0 Å². The molecule has 0 bridgehead atoms. The van der Waals surface area contributed by atoms with Gasteiger partial charge in [-0.3, -0.25) is 9.59 Å². The van der Waals surface area contributed by atoms with Gasteiger partial charge >= 0.3 is 5.97 Å². The molecule has 0 spiro atoms. The van der Waals surface area contributed by atoms with Gasteiger partial charge in [0.05, 0.1) is 17.9 Å². The Bertz CT molecular complexity index is 1060. The van der Waals surface area contributed by atoms with Gasteiger partial charge < -0.3 is 24.8 Å². The highest BCUT2D eigenvalue weighted by Gasteiger charge is 2.23. The molecule has 0 unspecified atom stereocenters. The van der Waals surface area contributed by atoms with Crippen LogP contribution in [0.1, 0.15) is 56.5 Å². The fraction of sp³-hybridized carbons (Fsp3) is 0.227. The third-order valence-corrected chi connectivity index (χ3v) is 4.36. The van der Waals surface area contributed by atoms with E-state index >= 15 is 0 Å². The van der Waals surface area contributed by atoms with Crippen LogP contribution in [-0.4, -0.2) is 28.9 Å². The number of amides is 2. The average Bonchev–Trinajstić information content (AvgIpc) is 3.31. The second-order valence-corrected chi connectivity index (χ2v) is 7.04. The van der Waals surface area contributed by atoms with Crippen molar-refractivity contribution in [3.63, 3.8) is 0 Å². The van der Waals surface area contributed by atoms with E-state index in [-0.39, 0.29) is 23.7 Å². The first-order chi connectivity index (χ1) is 14.3. The lowest BCUT2D eigenvalue weighted by atomic mass is 10.1. The number of ether oxygens (including phenoxy) is 1. The zero-order valence-corrected chi connectivity index (χ0v) is 17.2. The molecule has 0 aliphatic heterocycles. The first kappa shape index (κ1) is 20.9. The lowest BCUT2D eigenvalue weighted by Gasteiger charge is -2.09. The molecule has 2 heterocycles. The third kappa shape index (κ3) is 4.60. The normalized spacial score (nSPS) is 10.7. The van der Waals surface area contributed by atoms with Crippen LogP contribution >= 0.6 is 0 Å². The second-order valence-electron chi connectivity index (χ2n) is 7.04. The van der Waals surface area contributed by atoms with Gasteiger partial charge in [0, 0.05) is 17.1 Å². The predicted molar refractivity (Wildman–Crippen MR) is 112 cm³/mol. The van der Waals surface area contributed by atoms with Crippen molar-refractivity contribution in [3.8, 4) is 0 Å². The number of aryl methyl sites for hydroxylation is 1. The molecule has 156 valence electrons. The summed E-state index contributed by atoms with van der Waals surface area (Å²) in [5.74, 6) is -1.01. The van der Waals surface area contributed by atoms with Gasteiger partial charge in [0.25, 0.3) is 11.8 Å². The summed E-state index contributed by atoms with van der Waals surface area (Å²) in [5.41, 5.74) is 2.84. The van der Waals surface area contributed by atoms with Crippen molar-refractivity contribution in [2.45, 2.75) is 33.8 Å². The van der Waals surface area contributed by atoms with Crippen LogP contribution in [0.2, 0.25) is 0 Å². The Hall–Kier alpha value is -3.81. The molecular formula is C22H23N3O5. The van der Waals surface area contributed by atoms with Gasteiger partial charge in [-0.15, -0.1) is 0 Å². The molecule has 3 rings (SSSR count). The Labute approximate surface area is 173 Å². The Morgan fingerprint density at radius 2 is 1.57 bits per heavy atom. The van der Waals surface area contributed by atoms with Gasteiger partial charge in [-0.1, -0.05) is 0 Å². The fourth-order valence-electron chi connectivity index (χ4n) is 2.99. The van der Waals surface area contributed by atoms with Gasteiger partial charge in [0.15, 0.2) is 5.76 Å². The minimum atomic E-state index is -0.466. The van der Waals surface area contributed by atoms with E-state index in [2.05, 4.69) is 15.6 Å². The first-order valence-corrected chi connectivity index (χ1v) is 9.42. The van der Waals surface area contributed by atoms with Gasteiger partial charge in [0.1, 0.15) is 5.69 Å². The molecule has 30 heavy (non-hydrogen) atoms. The van der Waals surface area contributed by atoms with Crippen molar-refractivity contribution in [2.24, 2.45) is 0 Å². The maximum Gasteiger partial charge on any atom is 0.340 e. The van der Waals surface area contributed by atoms with Crippen LogP contribution in [0, 0.1) is 13.8 Å². The molecule has 0 saturated carbocycles. The van der Waals surface area contributed by atoms with Gasteiger partial charge in [-0.25, -0.2) is 4.79 Å². The van der Waals surface area contributed by atoms with E-state index in [4.69, 9.17) is 9.15 Å². The first-order valence-electron chi connectivity index (χ1n) is 9.42. The largest absolute Gasteiger partial charge is 0.459 e. The maximum absolute atomic E-state index is 12.7. The molecule has 0 aliphatic rings. The molecule has 2 aromatic heterocycles. The molecule has 3 N–H and O–H groups in total. The third-order valence-electron chi connectivity index (χ3n) is 4.36. The Morgan fingerprint density at radius 1 is 0.967 bits per heavy atom. The summed E-state index contributed by atoms with van der Waals surface area (Å²) in [4.78, 5) is 39.9. The molecule has 0 saturated heterocycles. The van der Waals surface area contributed by atoms with Crippen LogP contribution in [0.15, 0.2) is 47.1 Å². The lowest BCUT2D eigenvalue weighted by Crippen LogP contribution is -2.15. The van der Waals surface area contributed by atoms with Crippen LogP contribution in [0.5, 0.6) is 0 Å². The van der Waals surface area contributed by atoms with Crippen molar-refractivity contribution >= 4 is 29.2 Å². The number of benzene rings is 1. The van der Waals surface area contributed by atoms with E-state index in [1.54, 1.807) is 64.1 Å². The number of esters is 1. The van der Waals surface area contributed by atoms with E-state index in [0.717, 1.165) is 0 Å². The summed E-state index contributed by atoms with van der Waals surface area (Å²) in [5, 5.41) is 5.48. The predicted octanol–water partition coefficient (Wildman–Crippen LogP) is 4.29. The van der Waals surface area contributed by atoms with E-state index in [9.17, 15) is 14.4 Å². The molecule has 0 atom stereocenters. The SMILES string of the molecule is Cc1[nH]c(C(=O)Nc2ccc(NC(=O)c3ccco3)cc2)c(C)c1C(=O)OC(C)C. The van der Waals surface area contributed by atoms with E-state index in [1.165, 1.54) is 6.26 Å². The van der Waals surface area contributed by atoms with Crippen LogP contribution < -0.4 is 10.6 Å². The number of rotatable bonds is 6. The van der Waals surface area contributed by atoms with Crippen molar-refractivity contribution in [1.82, 2.24) is 4.98 Å². The minimum Gasteiger partial charge on any atom is -0.459 e. The molecule has 3 aromatic rings. The van der Waals surface area contributed by atoms with Crippen molar-refractivity contribution in [2.75, 3.05) is 10.6 Å². The Kier molecular flexibility index (Phi) is 6.06. The van der Waals surface area contributed by atoms with Gasteiger partial charge in [0.2, 0.25) is 0 Å². The van der Waals surface area contributed by atoms with E-state index in [0.29, 0.717) is 33.9 Å². The number of carbonyl (C=O) groups excluding carboxylic acids is 3. The highest BCUT2D eigenvalue weighted by Crippen LogP contribution is 2.21. The number of furan rings is 1. The monoisotopic (exact) mass is 409 g/mol. The number of H-pyrrole nitrogens is 1. The number of aromatic nitrogens is 1. The molecule has 2 amide bonds. The smallest absolute Gasteiger partial charge is 0.340 e. The van der Waals surface area contributed by atoms with E-state index in [1.807, 2.05) is 0 Å². The van der Waals surface area contributed by atoms with Crippen LogP contribution in [0.3, 0.4) is 0 Å². The summed E-state index contributed by atoms with van der Waals surface area (Å²) in [6.45, 7) is 6.95. The summed E-state index contributed by atoms with van der Waals surface area (Å²) < 4.78 is 10.3. The summed E-state index contributed by atoms with van der Waals surface area (Å²) in [7, 11) is 0. The molecular weight excluding hydrogens is 386 g/mol. The number of aromatic amines is 1. The second kappa shape index (κ2) is 8.69. The Balaban J connectivity index is 1.69. The molecule has 1 aromatic carbocycles. The minimum absolute atomic E-state index is 0.205. The number of hydrogen-bond donors (Lipinski definition) is 3. The number of carbonyl (C=O) groups is 3. The molecule has 0 radical (unpaired) electrons. The quantitative estimate of drug-likeness (QED) is 0.526. The van der Waals surface area contributed by atoms with Crippen molar-refractivity contribution in [1.29, 1.82) is 0 Å². The molecule has 0 fully saturated rings. The number of hydrogen-bond acceptors (Lipinski definition) is 5. The maximum atomic E-state index is 12.7. The average molecular weight is 409 g/mol. The summed E-state index contributed by atoms with van der Waals surface area (Å²) in [6, 6.07) is 9.84. The van der Waals surface area contributed by atoms with Crippen molar-refractivity contribution in [3.05, 3.63) is 70.9 Å². The lowest BCUT2D eigenvalue weighted by molar-refractivity contribution is 0.0376. The van der Waals surface area contributed by atoms with Gasteiger partial charge in [-0.2, -0.15) is 0 Å². The number of nitrogens with one attached hydrogen (secondary N) is 3. The topological polar surface area (TPSA) is 113 Å². The highest BCUT2D eigenvalue weighted by molar-refractivity contribution is 6.07. The zero-order chi connectivity index (χ0) is 21.8. The molecule has 8 heteroatoms. The van der Waals surface area contributed by atoms with Gasteiger partial charge in [-0.05, 0) is 69.7 Å². The number of anilines is 2. The summed E-state index contributed by atoms with van der Waals surface area (Å²) >= 11 is 0. The molecule has 8 nitrogen and oxygen atoms in total. The molecule has 0 aliphatic carbocycles. The fourth-order valence-corrected chi connectivity index (χ4v) is 2.99. The van der Waals surface area contributed by atoms with Crippen LogP contribution in [-0.2, 0) is 4.74 Å². The van der Waals surface area contributed by atoms with E-state index < -0.39 is 5.97 Å². The van der Waals surface area contributed by atoms with Crippen molar-refractivity contribution < 1.29 is 23.5 Å². The summed E-state index contributed by atoms with van der Waals surface area (Å²) in [6.07, 6.45) is 1.17. The standard InChI is InChI=1S/C22H23N3O5/c1-12(2)30-22(28)18-13(3)19(23-14(18)4)21(27)25-16-9-7-15(8-10-16)24-20(26)17-6-5-11-29-17/h5-12,23H,1-4H3,(H,24,26)(H,25,27). The van der Waals surface area contributed by atoms with Crippen LogP contribution in [0.4, 0.5) is 11.4 Å². The Morgan fingerprint density at radius 3 is 2.10 bits per heavy atom.